The van der Waals surface area contributed by atoms with E-state index in [0.29, 0.717) is 36.2 Å². The van der Waals surface area contributed by atoms with Crippen molar-refractivity contribution in [2.24, 2.45) is 0 Å². The fourth-order valence-corrected chi connectivity index (χ4v) is 3.10. The van der Waals surface area contributed by atoms with E-state index >= 15 is 0 Å². The predicted octanol–water partition coefficient (Wildman–Crippen LogP) is 3.64. The molecule has 0 unspecified atom stereocenters. The van der Waals surface area contributed by atoms with Crippen LogP contribution in [0.15, 0.2) is 55.4 Å². The molecule has 0 aliphatic rings. The Morgan fingerprint density at radius 2 is 1.93 bits per heavy atom. The molecule has 0 aliphatic heterocycles. The number of ether oxygens (including phenoxy) is 3. The van der Waals surface area contributed by atoms with Gasteiger partial charge in [0.1, 0.15) is 12.9 Å². The van der Waals surface area contributed by atoms with Gasteiger partial charge in [-0.15, -0.1) is 0 Å². The van der Waals surface area contributed by atoms with Crippen LogP contribution in [-0.2, 0) is 13.2 Å². The summed E-state index contributed by atoms with van der Waals surface area (Å²) in [6, 6.07) is 9.71. The van der Waals surface area contributed by atoms with Crippen molar-refractivity contribution in [3.8, 4) is 17.4 Å². The van der Waals surface area contributed by atoms with Gasteiger partial charge in [-0.1, -0.05) is 12.1 Å². The van der Waals surface area contributed by atoms with Gasteiger partial charge in [-0.3, -0.25) is 4.98 Å². The standard InChI is InChI=1S/C22H23N5O3/c1-15(2)30-19-9-16(6-7-18(19)28-3)11-27-14-26-21-20(27)22(25-13-24-21)29-12-17-5-4-8-23-10-17/h4-10,13-15H,11-12H2,1-3H3. The van der Waals surface area contributed by atoms with Crippen LogP contribution in [0.3, 0.4) is 0 Å². The van der Waals surface area contributed by atoms with Crippen molar-refractivity contribution in [1.29, 1.82) is 0 Å². The molecular weight excluding hydrogens is 382 g/mol. The molecule has 8 nitrogen and oxygen atoms in total. The van der Waals surface area contributed by atoms with Gasteiger partial charge < -0.3 is 18.8 Å². The maximum absolute atomic E-state index is 5.96. The Hall–Kier alpha value is -3.68. The average Bonchev–Trinajstić information content (AvgIpc) is 3.16. The summed E-state index contributed by atoms with van der Waals surface area (Å²) in [7, 11) is 1.63. The molecule has 0 aliphatic carbocycles. The summed E-state index contributed by atoms with van der Waals surface area (Å²) in [5.74, 6) is 1.89. The van der Waals surface area contributed by atoms with Crippen LogP contribution in [-0.4, -0.2) is 37.7 Å². The van der Waals surface area contributed by atoms with Crippen molar-refractivity contribution in [2.75, 3.05) is 7.11 Å². The van der Waals surface area contributed by atoms with Gasteiger partial charge in [0.05, 0.1) is 19.5 Å². The van der Waals surface area contributed by atoms with Crippen molar-refractivity contribution >= 4 is 11.2 Å². The first-order valence-electron chi connectivity index (χ1n) is 9.65. The highest BCUT2D eigenvalue weighted by Crippen LogP contribution is 2.30. The fraction of sp³-hybridized carbons (Fsp3) is 0.273. The van der Waals surface area contributed by atoms with Gasteiger partial charge in [-0.2, -0.15) is 4.98 Å². The zero-order valence-electron chi connectivity index (χ0n) is 17.1. The van der Waals surface area contributed by atoms with Crippen LogP contribution in [0.2, 0.25) is 0 Å². The van der Waals surface area contributed by atoms with Crippen LogP contribution in [0.5, 0.6) is 17.4 Å². The molecule has 8 heteroatoms. The Kier molecular flexibility index (Phi) is 5.74. The minimum absolute atomic E-state index is 0.0455. The third kappa shape index (κ3) is 4.32. The van der Waals surface area contributed by atoms with E-state index in [1.807, 2.05) is 48.7 Å². The smallest absolute Gasteiger partial charge is 0.243 e. The summed E-state index contributed by atoms with van der Waals surface area (Å²) in [4.78, 5) is 17.1. The van der Waals surface area contributed by atoms with E-state index in [9.17, 15) is 0 Å². The molecule has 0 saturated carbocycles. The average molecular weight is 405 g/mol. The Balaban J connectivity index is 1.62. The Labute approximate surface area is 174 Å². The van der Waals surface area contributed by atoms with Gasteiger partial charge in [-0.25, -0.2) is 9.97 Å². The van der Waals surface area contributed by atoms with E-state index in [4.69, 9.17) is 14.2 Å². The molecule has 0 spiro atoms. The van der Waals surface area contributed by atoms with E-state index in [1.165, 1.54) is 6.33 Å². The SMILES string of the molecule is COc1ccc(Cn2cnc3ncnc(OCc4cccnc4)c32)cc1OC(C)C. The summed E-state index contributed by atoms with van der Waals surface area (Å²) in [5, 5.41) is 0. The van der Waals surface area contributed by atoms with Gasteiger partial charge in [0.15, 0.2) is 22.7 Å². The number of methoxy groups -OCH3 is 1. The molecule has 3 aromatic heterocycles. The summed E-state index contributed by atoms with van der Waals surface area (Å²) in [5.41, 5.74) is 3.32. The zero-order chi connectivity index (χ0) is 20.9. The summed E-state index contributed by atoms with van der Waals surface area (Å²) in [6.45, 7) is 4.89. The highest BCUT2D eigenvalue weighted by atomic mass is 16.5. The number of hydrogen-bond donors (Lipinski definition) is 0. The quantitative estimate of drug-likeness (QED) is 0.442. The van der Waals surface area contributed by atoms with Gasteiger partial charge >= 0.3 is 0 Å². The number of nitrogens with zero attached hydrogens (tertiary/aromatic N) is 5. The second-order valence-corrected chi connectivity index (χ2v) is 7.03. The Morgan fingerprint density at radius 1 is 1.03 bits per heavy atom. The summed E-state index contributed by atoms with van der Waals surface area (Å²) in [6.07, 6.45) is 6.74. The van der Waals surface area contributed by atoms with Gasteiger partial charge in [0, 0.05) is 24.5 Å². The second kappa shape index (κ2) is 8.77. The number of hydrogen-bond acceptors (Lipinski definition) is 7. The first-order chi connectivity index (χ1) is 14.6. The normalized spacial score (nSPS) is 11.1. The number of aromatic nitrogens is 5. The maximum Gasteiger partial charge on any atom is 0.243 e. The van der Waals surface area contributed by atoms with E-state index in [2.05, 4.69) is 19.9 Å². The molecule has 0 radical (unpaired) electrons. The molecule has 0 atom stereocenters. The number of benzene rings is 1. The van der Waals surface area contributed by atoms with Crippen LogP contribution in [0.25, 0.3) is 11.2 Å². The first-order valence-corrected chi connectivity index (χ1v) is 9.65. The summed E-state index contributed by atoms with van der Waals surface area (Å²) >= 11 is 0. The van der Waals surface area contributed by atoms with Crippen LogP contribution in [0.1, 0.15) is 25.0 Å². The molecule has 0 saturated heterocycles. The van der Waals surface area contributed by atoms with Crippen LogP contribution < -0.4 is 14.2 Å². The van der Waals surface area contributed by atoms with Gasteiger partial charge in [-0.05, 0) is 37.6 Å². The van der Waals surface area contributed by atoms with E-state index in [-0.39, 0.29) is 6.10 Å². The number of rotatable bonds is 8. The first kappa shape index (κ1) is 19.6. The molecule has 1 aromatic carbocycles. The largest absolute Gasteiger partial charge is 0.493 e. The highest BCUT2D eigenvalue weighted by molar-refractivity contribution is 5.76. The molecule has 0 N–H and O–H groups in total. The summed E-state index contributed by atoms with van der Waals surface area (Å²) < 4.78 is 19.2. The Morgan fingerprint density at radius 3 is 2.70 bits per heavy atom. The fourth-order valence-electron chi connectivity index (χ4n) is 3.10. The van der Waals surface area contributed by atoms with Crippen LogP contribution in [0.4, 0.5) is 0 Å². The molecule has 4 aromatic rings. The third-order valence-electron chi connectivity index (χ3n) is 4.42. The van der Waals surface area contributed by atoms with Crippen LogP contribution in [0, 0.1) is 0 Å². The molecule has 154 valence electrons. The molecule has 0 bridgehead atoms. The van der Waals surface area contributed by atoms with Crippen molar-refractivity contribution in [3.63, 3.8) is 0 Å². The monoisotopic (exact) mass is 405 g/mol. The van der Waals surface area contributed by atoms with Crippen molar-refractivity contribution in [3.05, 3.63) is 66.5 Å². The Bertz CT molecular complexity index is 1130. The molecule has 3 heterocycles. The number of imidazole rings is 1. The lowest BCUT2D eigenvalue weighted by atomic mass is 10.2. The minimum atomic E-state index is 0.0455. The zero-order valence-corrected chi connectivity index (χ0v) is 17.1. The molecule has 0 fully saturated rings. The maximum atomic E-state index is 5.96. The van der Waals surface area contributed by atoms with Crippen LogP contribution >= 0.6 is 0 Å². The molecular formula is C22H23N5O3. The van der Waals surface area contributed by atoms with Crippen molar-refractivity contribution < 1.29 is 14.2 Å². The third-order valence-corrected chi connectivity index (χ3v) is 4.42. The predicted molar refractivity (Wildman–Crippen MR) is 112 cm³/mol. The number of pyridine rings is 1. The van der Waals surface area contributed by atoms with E-state index in [1.54, 1.807) is 25.8 Å². The van der Waals surface area contributed by atoms with Crippen molar-refractivity contribution in [2.45, 2.75) is 33.1 Å². The molecule has 30 heavy (non-hydrogen) atoms. The highest BCUT2D eigenvalue weighted by Gasteiger charge is 2.14. The van der Waals surface area contributed by atoms with E-state index < -0.39 is 0 Å². The second-order valence-electron chi connectivity index (χ2n) is 7.03. The molecule has 4 rings (SSSR count). The molecule has 0 amide bonds. The van der Waals surface area contributed by atoms with Crippen molar-refractivity contribution in [1.82, 2.24) is 24.5 Å². The lowest BCUT2D eigenvalue weighted by Crippen LogP contribution is -2.08. The van der Waals surface area contributed by atoms with Gasteiger partial charge in [0.2, 0.25) is 5.88 Å². The minimum Gasteiger partial charge on any atom is -0.493 e. The van der Waals surface area contributed by atoms with E-state index in [0.717, 1.165) is 16.6 Å². The lowest BCUT2D eigenvalue weighted by Gasteiger charge is -2.15. The number of fused-ring (bicyclic) bond motifs is 1. The topological polar surface area (TPSA) is 84.2 Å². The van der Waals surface area contributed by atoms with Gasteiger partial charge in [0.25, 0.3) is 0 Å². The lowest BCUT2D eigenvalue weighted by molar-refractivity contribution is 0.230.